The van der Waals surface area contributed by atoms with E-state index in [1.807, 2.05) is 25.9 Å². The van der Waals surface area contributed by atoms with Crippen molar-refractivity contribution in [3.05, 3.63) is 36.3 Å². The van der Waals surface area contributed by atoms with Crippen molar-refractivity contribution in [2.75, 3.05) is 14.1 Å². The van der Waals surface area contributed by atoms with Crippen LogP contribution in [-0.2, 0) is 0 Å². The first-order valence-electron chi connectivity index (χ1n) is 5.48. The topological polar surface area (TPSA) is 25.2 Å². The normalized spacial score (nSPS) is 13.2. The summed E-state index contributed by atoms with van der Waals surface area (Å²) in [4.78, 5) is 14.0. The van der Waals surface area contributed by atoms with E-state index in [2.05, 4.69) is 0 Å². The predicted molar refractivity (Wildman–Crippen MR) is 65.7 cm³/mol. The van der Waals surface area contributed by atoms with Gasteiger partial charge in [0.25, 0.3) is 0 Å². The van der Waals surface area contributed by atoms with Crippen LogP contribution in [-0.4, -0.2) is 35.5 Å². The van der Waals surface area contributed by atoms with Crippen LogP contribution in [0, 0.1) is 5.82 Å². The van der Waals surface area contributed by atoms with Crippen LogP contribution in [0.2, 0.25) is 0 Å². The number of nitrogens with zero attached hydrogens (tertiary/aromatic N) is 2. The Kier molecular flexibility index (Phi) is 2.98. The van der Waals surface area contributed by atoms with Gasteiger partial charge in [-0.3, -0.25) is 14.3 Å². The van der Waals surface area contributed by atoms with Crippen LogP contribution >= 0.6 is 0 Å². The molecule has 0 fully saturated rings. The van der Waals surface area contributed by atoms with Crippen molar-refractivity contribution in [2.24, 2.45) is 0 Å². The van der Waals surface area contributed by atoms with E-state index in [4.69, 9.17) is 0 Å². The quantitative estimate of drug-likeness (QED) is 0.797. The smallest absolute Gasteiger partial charge is 0.248 e. The molecule has 0 spiro atoms. The molecular formula is C13H15FN2O. The average Bonchev–Trinajstić information content (AvgIpc) is 2.69. The summed E-state index contributed by atoms with van der Waals surface area (Å²) in [6, 6.07) is 5.96. The fourth-order valence-corrected chi connectivity index (χ4v) is 1.73. The van der Waals surface area contributed by atoms with Crippen LogP contribution in [0.4, 0.5) is 4.39 Å². The first kappa shape index (κ1) is 11.8. The molecule has 1 aromatic carbocycles. The van der Waals surface area contributed by atoms with Gasteiger partial charge in [0.15, 0.2) is 0 Å². The number of benzene rings is 1. The number of aromatic nitrogens is 1. The van der Waals surface area contributed by atoms with Crippen molar-refractivity contribution in [3.63, 3.8) is 0 Å². The highest BCUT2D eigenvalue weighted by Crippen LogP contribution is 2.17. The standard InChI is InChI=1S/C13H15FN2O/c1-9(15(2)3)13(17)16-7-6-10-8-11(14)4-5-12(10)16/h4-9H,1-3H3/t9-/m1/s1. The molecule has 1 aromatic heterocycles. The first-order chi connectivity index (χ1) is 8.00. The van der Waals surface area contributed by atoms with Crippen LogP contribution in [0.5, 0.6) is 0 Å². The fraction of sp³-hybridized carbons (Fsp3) is 0.308. The minimum absolute atomic E-state index is 0.0170. The summed E-state index contributed by atoms with van der Waals surface area (Å²) >= 11 is 0. The lowest BCUT2D eigenvalue weighted by Gasteiger charge is -2.19. The zero-order chi connectivity index (χ0) is 12.6. The number of carbonyl (C=O) groups excluding carboxylic acids is 1. The number of hydrogen-bond acceptors (Lipinski definition) is 2. The molecule has 0 amide bonds. The summed E-state index contributed by atoms with van der Waals surface area (Å²) < 4.78 is 14.6. The molecule has 1 heterocycles. The van der Waals surface area contributed by atoms with Gasteiger partial charge in [-0.2, -0.15) is 0 Å². The molecule has 4 heteroatoms. The van der Waals surface area contributed by atoms with Crippen molar-refractivity contribution in [2.45, 2.75) is 13.0 Å². The van der Waals surface area contributed by atoms with E-state index in [-0.39, 0.29) is 17.8 Å². The van der Waals surface area contributed by atoms with E-state index in [9.17, 15) is 9.18 Å². The predicted octanol–water partition coefficient (Wildman–Crippen LogP) is 2.37. The van der Waals surface area contributed by atoms with Gasteiger partial charge in [0.2, 0.25) is 5.91 Å². The molecule has 2 aromatic rings. The maximum atomic E-state index is 13.0. The van der Waals surface area contributed by atoms with Crippen LogP contribution in [0.1, 0.15) is 11.7 Å². The Hall–Kier alpha value is -1.68. The highest BCUT2D eigenvalue weighted by atomic mass is 19.1. The highest BCUT2D eigenvalue weighted by molar-refractivity contribution is 5.94. The second-order valence-electron chi connectivity index (χ2n) is 4.37. The van der Waals surface area contributed by atoms with Crippen molar-refractivity contribution in [1.29, 1.82) is 0 Å². The van der Waals surface area contributed by atoms with Gasteiger partial charge >= 0.3 is 0 Å². The molecule has 0 N–H and O–H groups in total. The summed E-state index contributed by atoms with van der Waals surface area (Å²) in [6.45, 7) is 1.84. The maximum Gasteiger partial charge on any atom is 0.248 e. The minimum Gasteiger partial charge on any atom is -0.298 e. The van der Waals surface area contributed by atoms with E-state index >= 15 is 0 Å². The van der Waals surface area contributed by atoms with Gasteiger partial charge in [0.05, 0.1) is 11.6 Å². The van der Waals surface area contributed by atoms with Crippen molar-refractivity contribution in [1.82, 2.24) is 9.47 Å². The molecule has 0 unspecified atom stereocenters. The molecule has 90 valence electrons. The van der Waals surface area contributed by atoms with E-state index in [1.165, 1.54) is 12.1 Å². The molecule has 0 saturated heterocycles. The number of likely N-dealkylation sites (N-methyl/N-ethyl adjacent to an activating group) is 1. The fourth-order valence-electron chi connectivity index (χ4n) is 1.73. The summed E-state index contributed by atoms with van der Waals surface area (Å²) in [6.07, 6.45) is 1.69. The zero-order valence-corrected chi connectivity index (χ0v) is 10.1. The summed E-state index contributed by atoms with van der Waals surface area (Å²) in [7, 11) is 3.71. The van der Waals surface area contributed by atoms with Gasteiger partial charge in [-0.15, -0.1) is 0 Å². The summed E-state index contributed by atoms with van der Waals surface area (Å²) in [5, 5.41) is 0.740. The van der Waals surface area contributed by atoms with E-state index in [0.717, 1.165) is 10.9 Å². The lowest BCUT2D eigenvalue weighted by Crippen LogP contribution is -2.36. The second kappa shape index (κ2) is 4.30. The maximum absolute atomic E-state index is 13.0. The van der Waals surface area contributed by atoms with Gasteiger partial charge in [0.1, 0.15) is 5.82 Å². The Morgan fingerprint density at radius 1 is 1.35 bits per heavy atom. The number of halogens is 1. The first-order valence-corrected chi connectivity index (χ1v) is 5.48. The molecule has 0 saturated carbocycles. The van der Waals surface area contributed by atoms with Crippen molar-refractivity contribution >= 4 is 16.8 Å². The van der Waals surface area contributed by atoms with Crippen LogP contribution in [0.25, 0.3) is 10.9 Å². The summed E-state index contributed by atoms with van der Waals surface area (Å²) in [5.41, 5.74) is 0.741. The summed E-state index contributed by atoms with van der Waals surface area (Å²) in [5.74, 6) is -0.306. The monoisotopic (exact) mass is 234 g/mol. The Morgan fingerprint density at radius 3 is 2.71 bits per heavy atom. The molecule has 3 nitrogen and oxygen atoms in total. The van der Waals surface area contributed by atoms with E-state index < -0.39 is 0 Å². The number of rotatable bonds is 2. The van der Waals surface area contributed by atoms with Crippen molar-refractivity contribution in [3.8, 4) is 0 Å². The third-order valence-corrected chi connectivity index (χ3v) is 3.02. The second-order valence-corrected chi connectivity index (χ2v) is 4.37. The molecule has 0 aliphatic carbocycles. The average molecular weight is 234 g/mol. The number of hydrogen-bond donors (Lipinski definition) is 0. The SMILES string of the molecule is C[C@H](C(=O)n1ccc2cc(F)ccc21)N(C)C. The Labute approximate surface area is 99.4 Å². The van der Waals surface area contributed by atoms with Crippen LogP contribution < -0.4 is 0 Å². The Balaban J connectivity index is 2.46. The third-order valence-electron chi connectivity index (χ3n) is 3.02. The van der Waals surface area contributed by atoms with Gasteiger partial charge in [-0.25, -0.2) is 4.39 Å². The van der Waals surface area contributed by atoms with Crippen LogP contribution in [0.3, 0.4) is 0 Å². The largest absolute Gasteiger partial charge is 0.298 e. The highest BCUT2D eigenvalue weighted by Gasteiger charge is 2.18. The third kappa shape index (κ3) is 2.08. The molecule has 0 aliphatic rings. The molecule has 0 aliphatic heterocycles. The van der Waals surface area contributed by atoms with E-state index in [0.29, 0.717) is 0 Å². The number of fused-ring (bicyclic) bond motifs is 1. The van der Waals surface area contributed by atoms with E-state index in [1.54, 1.807) is 22.9 Å². The van der Waals surface area contributed by atoms with Gasteiger partial charge < -0.3 is 0 Å². The Bertz CT molecular complexity index is 560. The molecule has 0 bridgehead atoms. The molecular weight excluding hydrogens is 219 g/mol. The zero-order valence-electron chi connectivity index (χ0n) is 10.1. The minimum atomic E-state index is -0.289. The lowest BCUT2D eigenvalue weighted by molar-refractivity contribution is 0.0809. The molecule has 1 atom stereocenters. The van der Waals surface area contributed by atoms with Gasteiger partial charge in [-0.1, -0.05) is 0 Å². The Morgan fingerprint density at radius 2 is 2.06 bits per heavy atom. The number of carbonyl (C=O) groups is 1. The van der Waals surface area contributed by atoms with Gasteiger partial charge in [0, 0.05) is 11.6 Å². The lowest BCUT2D eigenvalue weighted by atomic mass is 10.2. The molecule has 17 heavy (non-hydrogen) atoms. The molecule has 2 rings (SSSR count). The van der Waals surface area contributed by atoms with Crippen LogP contribution in [0.15, 0.2) is 30.5 Å². The molecule has 0 radical (unpaired) electrons. The van der Waals surface area contributed by atoms with Gasteiger partial charge in [-0.05, 0) is 45.3 Å². The van der Waals surface area contributed by atoms with Crippen molar-refractivity contribution < 1.29 is 9.18 Å².